The van der Waals surface area contributed by atoms with Gasteiger partial charge in [0.05, 0.1) is 17.8 Å². The number of aromatic nitrogens is 3. The monoisotopic (exact) mass is 283 g/mol. The van der Waals surface area contributed by atoms with Crippen LogP contribution in [0.1, 0.15) is 23.6 Å². The molecule has 2 aromatic heterocycles. The Labute approximate surface area is 122 Å². The van der Waals surface area contributed by atoms with Crippen LogP contribution in [0.3, 0.4) is 0 Å². The van der Waals surface area contributed by atoms with E-state index in [1.54, 1.807) is 36.3 Å². The standard InChI is InChI=1S/C15H17N5O/c1-18-4-2-12(6-15(18)21)9-19-5-3-14(11-19)20-10-13(7-16)8-17-20/h2,4,6,8,10,14H,3,5,9,11H2,1H3. The topological polar surface area (TPSA) is 66.8 Å². The Hall–Kier alpha value is -2.39. The molecule has 0 N–H and O–H groups in total. The first-order valence-corrected chi connectivity index (χ1v) is 6.98. The van der Waals surface area contributed by atoms with E-state index in [-0.39, 0.29) is 5.56 Å². The molecule has 108 valence electrons. The molecular formula is C15H17N5O. The number of rotatable bonds is 3. The van der Waals surface area contributed by atoms with Crippen LogP contribution in [-0.2, 0) is 13.6 Å². The quantitative estimate of drug-likeness (QED) is 0.839. The van der Waals surface area contributed by atoms with E-state index in [1.807, 2.05) is 10.7 Å². The summed E-state index contributed by atoms with van der Waals surface area (Å²) in [5.41, 5.74) is 1.66. The van der Waals surface area contributed by atoms with E-state index < -0.39 is 0 Å². The minimum atomic E-state index is 0.0222. The molecule has 0 spiro atoms. The lowest BCUT2D eigenvalue weighted by Crippen LogP contribution is -2.23. The molecule has 1 saturated heterocycles. The van der Waals surface area contributed by atoms with Crippen LogP contribution in [0.25, 0.3) is 0 Å². The number of hydrogen-bond acceptors (Lipinski definition) is 4. The van der Waals surface area contributed by atoms with Crippen molar-refractivity contribution in [3.05, 3.63) is 52.2 Å². The van der Waals surface area contributed by atoms with Crippen molar-refractivity contribution in [2.24, 2.45) is 7.05 Å². The van der Waals surface area contributed by atoms with Gasteiger partial charge >= 0.3 is 0 Å². The molecule has 1 unspecified atom stereocenters. The van der Waals surface area contributed by atoms with Gasteiger partial charge in [-0.3, -0.25) is 14.4 Å². The molecule has 3 rings (SSSR count). The molecule has 0 radical (unpaired) electrons. The Kier molecular flexibility index (Phi) is 3.59. The van der Waals surface area contributed by atoms with Crippen LogP contribution < -0.4 is 5.56 Å². The maximum absolute atomic E-state index is 11.6. The van der Waals surface area contributed by atoms with Gasteiger partial charge in [0.2, 0.25) is 0 Å². The fraction of sp³-hybridized carbons (Fsp3) is 0.400. The Morgan fingerprint density at radius 2 is 2.38 bits per heavy atom. The zero-order valence-electron chi connectivity index (χ0n) is 11.9. The Balaban J connectivity index is 1.65. The van der Waals surface area contributed by atoms with E-state index >= 15 is 0 Å². The summed E-state index contributed by atoms with van der Waals surface area (Å²) in [7, 11) is 1.75. The third-order valence-corrected chi connectivity index (χ3v) is 3.93. The summed E-state index contributed by atoms with van der Waals surface area (Å²) in [6.45, 7) is 2.64. The van der Waals surface area contributed by atoms with Crippen molar-refractivity contribution in [1.82, 2.24) is 19.2 Å². The van der Waals surface area contributed by atoms with E-state index in [0.29, 0.717) is 11.6 Å². The van der Waals surface area contributed by atoms with Crippen LogP contribution in [0.4, 0.5) is 0 Å². The van der Waals surface area contributed by atoms with Gasteiger partial charge in [-0.05, 0) is 18.1 Å². The molecule has 0 aliphatic carbocycles. The molecule has 1 atom stereocenters. The molecule has 21 heavy (non-hydrogen) atoms. The molecule has 0 bridgehead atoms. The lowest BCUT2D eigenvalue weighted by molar-refractivity contribution is 0.311. The van der Waals surface area contributed by atoms with Gasteiger partial charge in [0.25, 0.3) is 5.56 Å². The number of nitriles is 1. The van der Waals surface area contributed by atoms with Crippen molar-refractivity contribution in [3.63, 3.8) is 0 Å². The Morgan fingerprint density at radius 3 is 3.10 bits per heavy atom. The largest absolute Gasteiger partial charge is 0.319 e. The van der Waals surface area contributed by atoms with Gasteiger partial charge in [-0.1, -0.05) is 0 Å². The fourth-order valence-electron chi connectivity index (χ4n) is 2.71. The second-order valence-corrected chi connectivity index (χ2v) is 5.48. The van der Waals surface area contributed by atoms with Crippen molar-refractivity contribution in [1.29, 1.82) is 5.26 Å². The number of aryl methyl sites for hydroxylation is 1. The molecule has 0 saturated carbocycles. The maximum Gasteiger partial charge on any atom is 0.250 e. The molecule has 6 heteroatoms. The lowest BCUT2D eigenvalue weighted by atomic mass is 10.2. The average Bonchev–Trinajstić information content (AvgIpc) is 3.11. The van der Waals surface area contributed by atoms with Crippen LogP contribution in [0.2, 0.25) is 0 Å². The summed E-state index contributed by atoms with van der Waals surface area (Å²) < 4.78 is 3.45. The average molecular weight is 283 g/mol. The minimum Gasteiger partial charge on any atom is -0.319 e. The van der Waals surface area contributed by atoms with E-state index in [2.05, 4.69) is 16.1 Å². The van der Waals surface area contributed by atoms with Crippen molar-refractivity contribution in [3.8, 4) is 6.07 Å². The van der Waals surface area contributed by atoms with Gasteiger partial charge in [0.1, 0.15) is 6.07 Å². The Bertz CT molecular complexity index is 739. The van der Waals surface area contributed by atoms with Crippen LogP contribution in [0, 0.1) is 11.3 Å². The van der Waals surface area contributed by atoms with Crippen molar-refractivity contribution in [2.75, 3.05) is 13.1 Å². The molecule has 1 fully saturated rings. The van der Waals surface area contributed by atoms with Gasteiger partial charge in [0, 0.05) is 45.1 Å². The van der Waals surface area contributed by atoms with Crippen LogP contribution in [0.5, 0.6) is 0 Å². The fourth-order valence-corrected chi connectivity index (χ4v) is 2.71. The summed E-state index contributed by atoms with van der Waals surface area (Å²) in [4.78, 5) is 13.9. The zero-order valence-corrected chi connectivity index (χ0v) is 11.9. The normalized spacial score (nSPS) is 18.8. The van der Waals surface area contributed by atoms with Gasteiger partial charge < -0.3 is 4.57 Å². The summed E-state index contributed by atoms with van der Waals surface area (Å²) in [5.74, 6) is 0. The highest BCUT2D eigenvalue weighted by Gasteiger charge is 2.24. The third kappa shape index (κ3) is 2.88. The Morgan fingerprint density at radius 1 is 1.52 bits per heavy atom. The predicted octanol–water partition coefficient (Wildman–Crippen LogP) is 0.900. The molecule has 1 aliphatic heterocycles. The number of likely N-dealkylation sites (tertiary alicyclic amines) is 1. The number of hydrogen-bond donors (Lipinski definition) is 0. The highest BCUT2D eigenvalue weighted by molar-refractivity contribution is 5.22. The zero-order chi connectivity index (χ0) is 14.8. The third-order valence-electron chi connectivity index (χ3n) is 3.93. The highest BCUT2D eigenvalue weighted by Crippen LogP contribution is 2.22. The van der Waals surface area contributed by atoms with E-state index in [1.165, 1.54) is 0 Å². The molecule has 6 nitrogen and oxygen atoms in total. The summed E-state index contributed by atoms with van der Waals surface area (Å²) in [6, 6.07) is 6.08. The second kappa shape index (κ2) is 5.54. The molecule has 2 aromatic rings. The minimum absolute atomic E-state index is 0.0222. The van der Waals surface area contributed by atoms with E-state index in [0.717, 1.165) is 31.6 Å². The molecule has 0 amide bonds. The molecule has 1 aliphatic rings. The van der Waals surface area contributed by atoms with Crippen molar-refractivity contribution >= 4 is 0 Å². The van der Waals surface area contributed by atoms with Crippen LogP contribution >= 0.6 is 0 Å². The van der Waals surface area contributed by atoms with Gasteiger partial charge in [0.15, 0.2) is 0 Å². The molecule has 3 heterocycles. The smallest absolute Gasteiger partial charge is 0.250 e. The van der Waals surface area contributed by atoms with E-state index in [9.17, 15) is 4.79 Å². The summed E-state index contributed by atoms with van der Waals surface area (Å²) in [5, 5.41) is 13.1. The van der Waals surface area contributed by atoms with Gasteiger partial charge in [-0.15, -0.1) is 0 Å². The SMILES string of the molecule is Cn1ccc(CN2CCC(n3cc(C#N)cn3)C2)cc1=O. The molecular weight excluding hydrogens is 266 g/mol. The van der Waals surface area contributed by atoms with E-state index in [4.69, 9.17) is 5.26 Å². The molecule has 0 aromatic carbocycles. The van der Waals surface area contributed by atoms with Crippen molar-refractivity contribution < 1.29 is 0 Å². The predicted molar refractivity (Wildman–Crippen MR) is 77.6 cm³/mol. The summed E-state index contributed by atoms with van der Waals surface area (Å²) in [6.07, 6.45) is 6.21. The van der Waals surface area contributed by atoms with Crippen molar-refractivity contribution in [2.45, 2.75) is 19.0 Å². The highest BCUT2D eigenvalue weighted by atomic mass is 16.1. The number of pyridine rings is 1. The summed E-state index contributed by atoms with van der Waals surface area (Å²) >= 11 is 0. The first-order chi connectivity index (χ1) is 10.2. The van der Waals surface area contributed by atoms with Crippen LogP contribution in [-0.4, -0.2) is 32.3 Å². The lowest BCUT2D eigenvalue weighted by Gasteiger charge is -2.16. The first-order valence-electron chi connectivity index (χ1n) is 6.98. The van der Waals surface area contributed by atoms with Crippen LogP contribution in [0.15, 0.2) is 35.5 Å². The number of nitrogens with zero attached hydrogens (tertiary/aromatic N) is 5. The van der Waals surface area contributed by atoms with Gasteiger partial charge in [-0.25, -0.2) is 0 Å². The second-order valence-electron chi connectivity index (χ2n) is 5.48. The maximum atomic E-state index is 11.6. The first kappa shape index (κ1) is 13.6. The van der Waals surface area contributed by atoms with Gasteiger partial charge in [-0.2, -0.15) is 10.4 Å².